The first-order valence-corrected chi connectivity index (χ1v) is 7.38. The van der Waals surface area contributed by atoms with E-state index in [0.29, 0.717) is 13.1 Å². The molecule has 3 unspecified atom stereocenters. The highest BCUT2D eigenvalue weighted by molar-refractivity contribution is 5.86. The molecule has 3 atom stereocenters. The molecule has 0 bridgehead atoms. The third-order valence-electron chi connectivity index (χ3n) is 4.86. The number of hydrogen-bond acceptors (Lipinski definition) is 3. The van der Waals surface area contributed by atoms with Crippen LogP contribution in [0.1, 0.15) is 46.5 Å². The molecule has 3 N–H and O–H groups in total. The summed E-state index contributed by atoms with van der Waals surface area (Å²) >= 11 is 0. The Balaban J connectivity index is 2.16. The molecule has 1 saturated heterocycles. The SMILES string of the molecule is CC1(C)CC(N2CC(C(=O)O)CC2=O)CC(C)(CN)C1. The maximum absolute atomic E-state index is 12.1. The van der Waals surface area contributed by atoms with E-state index in [1.807, 2.05) is 0 Å². The Morgan fingerprint density at radius 3 is 2.55 bits per heavy atom. The van der Waals surface area contributed by atoms with E-state index in [2.05, 4.69) is 20.8 Å². The summed E-state index contributed by atoms with van der Waals surface area (Å²) in [5.74, 6) is -1.42. The lowest BCUT2D eigenvalue weighted by Gasteiger charge is -2.48. The molecule has 1 amide bonds. The molecule has 5 heteroatoms. The number of rotatable bonds is 3. The minimum atomic E-state index is -0.863. The summed E-state index contributed by atoms with van der Waals surface area (Å²) in [6.45, 7) is 7.56. The summed E-state index contributed by atoms with van der Waals surface area (Å²) in [4.78, 5) is 25.0. The van der Waals surface area contributed by atoms with Gasteiger partial charge >= 0.3 is 5.97 Å². The second-order valence-corrected chi connectivity index (χ2v) is 7.70. The molecular formula is C15H26N2O3. The molecule has 0 aromatic heterocycles. The smallest absolute Gasteiger partial charge is 0.308 e. The average molecular weight is 282 g/mol. The Morgan fingerprint density at radius 1 is 1.40 bits per heavy atom. The molecule has 0 spiro atoms. The van der Waals surface area contributed by atoms with Crippen LogP contribution in [0.2, 0.25) is 0 Å². The number of carbonyl (C=O) groups is 2. The monoisotopic (exact) mass is 282 g/mol. The lowest BCUT2D eigenvalue weighted by atomic mass is 9.62. The van der Waals surface area contributed by atoms with Crippen molar-refractivity contribution < 1.29 is 14.7 Å². The van der Waals surface area contributed by atoms with Gasteiger partial charge in [0.1, 0.15) is 0 Å². The minimum Gasteiger partial charge on any atom is -0.481 e. The predicted octanol–water partition coefficient (Wildman–Crippen LogP) is 1.46. The summed E-state index contributed by atoms with van der Waals surface area (Å²) in [6.07, 6.45) is 3.01. The first-order valence-electron chi connectivity index (χ1n) is 7.38. The second-order valence-electron chi connectivity index (χ2n) is 7.70. The van der Waals surface area contributed by atoms with E-state index in [0.717, 1.165) is 19.3 Å². The van der Waals surface area contributed by atoms with E-state index in [9.17, 15) is 9.59 Å². The highest BCUT2D eigenvalue weighted by Crippen LogP contribution is 2.47. The van der Waals surface area contributed by atoms with Crippen LogP contribution in [0, 0.1) is 16.7 Å². The molecule has 2 rings (SSSR count). The van der Waals surface area contributed by atoms with Crippen molar-refractivity contribution >= 4 is 11.9 Å². The summed E-state index contributed by atoms with van der Waals surface area (Å²) in [5.41, 5.74) is 6.11. The highest BCUT2D eigenvalue weighted by Gasteiger charge is 2.46. The number of carbonyl (C=O) groups excluding carboxylic acids is 1. The summed E-state index contributed by atoms with van der Waals surface area (Å²) in [7, 11) is 0. The molecule has 1 heterocycles. The van der Waals surface area contributed by atoms with Gasteiger partial charge in [-0.2, -0.15) is 0 Å². The van der Waals surface area contributed by atoms with Gasteiger partial charge in [-0.05, 0) is 36.6 Å². The summed E-state index contributed by atoms with van der Waals surface area (Å²) in [5, 5.41) is 9.10. The molecule has 1 aliphatic heterocycles. The normalized spacial score (nSPS) is 37.2. The molecule has 2 aliphatic rings. The average Bonchev–Trinajstić information content (AvgIpc) is 2.69. The van der Waals surface area contributed by atoms with Crippen molar-refractivity contribution in [2.24, 2.45) is 22.5 Å². The summed E-state index contributed by atoms with van der Waals surface area (Å²) < 4.78 is 0. The Kier molecular flexibility index (Phi) is 3.84. The van der Waals surface area contributed by atoms with E-state index in [4.69, 9.17) is 10.8 Å². The van der Waals surface area contributed by atoms with Gasteiger partial charge in [0.2, 0.25) is 5.91 Å². The lowest BCUT2D eigenvalue weighted by molar-refractivity contribution is -0.141. The van der Waals surface area contributed by atoms with Crippen molar-refractivity contribution in [1.82, 2.24) is 4.90 Å². The topological polar surface area (TPSA) is 83.6 Å². The predicted molar refractivity (Wildman–Crippen MR) is 76.0 cm³/mol. The fraction of sp³-hybridized carbons (Fsp3) is 0.867. The third kappa shape index (κ3) is 2.97. The number of nitrogens with two attached hydrogens (primary N) is 1. The van der Waals surface area contributed by atoms with Crippen LogP contribution in [0.5, 0.6) is 0 Å². The molecular weight excluding hydrogens is 256 g/mol. The van der Waals surface area contributed by atoms with Crippen LogP contribution >= 0.6 is 0 Å². The van der Waals surface area contributed by atoms with Crippen LogP contribution in [-0.4, -0.2) is 41.0 Å². The molecule has 0 aromatic rings. The minimum absolute atomic E-state index is 0.0144. The van der Waals surface area contributed by atoms with E-state index in [-0.39, 0.29) is 29.2 Å². The van der Waals surface area contributed by atoms with E-state index < -0.39 is 11.9 Å². The summed E-state index contributed by atoms with van der Waals surface area (Å²) in [6, 6.07) is 0.129. The first kappa shape index (κ1) is 15.3. The molecule has 0 radical (unpaired) electrons. The number of carboxylic acid groups (broad SMARTS) is 1. The zero-order valence-corrected chi connectivity index (χ0v) is 12.7. The van der Waals surface area contributed by atoms with Crippen molar-refractivity contribution in [2.45, 2.75) is 52.5 Å². The van der Waals surface area contributed by atoms with Gasteiger partial charge in [0, 0.05) is 19.0 Å². The number of hydrogen-bond donors (Lipinski definition) is 2. The molecule has 1 aliphatic carbocycles. The number of amides is 1. The highest BCUT2D eigenvalue weighted by atomic mass is 16.4. The molecule has 1 saturated carbocycles. The van der Waals surface area contributed by atoms with Crippen LogP contribution in [0.3, 0.4) is 0 Å². The van der Waals surface area contributed by atoms with Crippen molar-refractivity contribution in [2.75, 3.05) is 13.1 Å². The van der Waals surface area contributed by atoms with Gasteiger partial charge in [0.05, 0.1) is 5.92 Å². The van der Waals surface area contributed by atoms with Gasteiger partial charge in [0.25, 0.3) is 0 Å². The van der Waals surface area contributed by atoms with Crippen LogP contribution in [-0.2, 0) is 9.59 Å². The van der Waals surface area contributed by atoms with Crippen molar-refractivity contribution in [3.63, 3.8) is 0 Å². The van der Waals surface area contributed by atoms with Gasteiger partial charge in [-0.15, -0.1) is 0 Å². The van der Waals surface area contributed by atoms with Gasteiger partial charge < -0.3 is 15.7 Å². The second kappa shape index (κ2) is 5.02. The van der Waals surface area contributed by atoms with E-state index in [1.54, 1.807) is 4.90 Å². The molecule has 2 fully saturated rings. The van der Waals surface area contributed by atoms with Crippen molar-refractivity contribution in [3.05, 3.63) is 0 Å². The standard InChI is InChI=1S/C15H26N2O3/c1-14(2)5-11(6-15(3,8-14)9-16)17-7-10(13(19)20)4-12(17)18/h10-11H,4-9,16H2,1-3H3,(H,19,20). The Labute approximate surface area is 120 Å². The van der Waals surface area contributed by atoms with Crippen LogP contribution in [0.4, 0.5) is 0 Å². The number of carboxylic acids is 1. The quantitative estimate of drug-likeness (QED) is 0.821. The van der Waals surface area contributed by atoms with Gasteiger partial charge in [-0.1, -0.05) is 20.8 Å². The third-order valence-corrected chi connectivity index (χ3v) is 4.86. The van der Waals surface area contributed by atoms with Gasteiger partial charge in [0.15, 0.2) is 0 Å². The number of likely N-dealkylation sites (tertiary alicyclic amines) is 1. The largest absolute Gasteiger partial charge is 0.481 e. The Hall–Kier alpha value is -1.10. The fourth-order valence-electron chi connectivity index (χ4n) is 4.20. The van der Waals surface area contributed by atoms with Gasteiger partial charge in [-0.25, -0.2) is 0 Å². The van der Waals surface area contributed by atoms with Crippen LogP contribution in [0.25, 0.3) is 0 Å². The fourth-order valence-corrected chi connectivity index (χ4v) is 4.20. The first-order chi connectivity index (χ1) is 9.16. The lowest BCUT2D eigenvalue weighted by Crippen LogP contribution is -2.49. The molecule has 5 nitrogen and oxygen atoms in total. The van der Waals surface area contributed by atoms with E-state index in [1.165, 1.54) is 0 Å². The molecule has 0 aromatic carbocycles. The molecule has 20 heavy (non-hydrogen) atoms. The Morgan fingerprint density at radius 2 is 2.05 bits per heavy atom. The maximum Gasteiger partial charge on any atom is 0.308 e. The zero-order chi connectivity index (χ0) is 15.1. The molecule has 114 valence electrons. The number of nitrogens with zero attached hydrogens (tertiary/aromatic N) is 1. The van der Waals surface area contributed by atoms with Crippen LogP contribution < -0.4 is 5.73 Å². The van der Waals surface area contributed by atoms with Crippen molar-refractivity contribution in [3.8, 4) is 0 Å². The Bertz CT molecular complexity index is 421. The van der Waals surface area contributed by atoms with Gasteiger partial charge in [-0.3, -0.25) is 9.59 Å². The van der Waals surface area contributed by atoms with Crippen LogP contribution in [0.15, 0.2) is 0 Å². The maximum atomic E-state index is 12.1. The van der Waals surface area contributed by atoms with E-state index >= 15 is 0 Å². The van der Waals surface area contributed by atoms with Crippen molar-refractivity contribution in [1.29, 1.82) is 0 Å². The number of aliphatic carboxylic acids is 1. The zero-order valence-electron chi connectivity index (χ0n) is 12.7.